The Morgan fingerprint density at radius 1 is 0.878 bits per heavy atom. The number of aromatic nitrogens is 1. The molecular weight excluding hydrogens is 683 g/mol. The Labute approximate surface area is 296 Å². The summed E-state index contributed by atoms with van der Waals surface area (Å²) in [6, 6.07) is 24.6. The van der Waals surface area contributed by atoms with Crippen molar-refractivity contribution < 1.29 is 24.8 Å². The number of allylic oxidation sites excluding steroid dienone is 1. The molecule has 1 aliphatic heterocycles. The number of hydrogen-bond acceptors (Lipinski definition) is 11. The van der Waals surface area contributed by atoms with Crippen LogP contribution in [0.3, 0.4) is 0 Å². The molecule has 14 heteroatoms. The van der Waals surface area contributed by atoms with Crippen molar-refractivity contribution >= 4 is 103 Å². The molecule has 49 heavy (non-hydrogen) atoms. The lowest BCUT2D eigenvalue weighted by Gasteiger charge is -2.27. The zero-order valence-corrected chi connectivity index (χ0v) is 29.5. The SMILES string of the molecule is C=C(OO)n1c(=O)/c(=C\C=C\c2ccc(N(c3ccc(N(C)C)cc3)c3ccc(N(C)C)cc3)cc2)s/c1=C1\SC(=S)N(CC(=O)O)C1=O. The average Bonchev–Trinajstić information content (AvgIpc) is 3.55. The molecule has 0 atom stereocenters. The molecule has 2 heterocycles. The lowest BCUT2D eigenvalue weighted by Crippen LogP contribution is -2.35. The minimum Gasteiger partial charge on any atom is -0.480 e. The van der Waals surface area contributed by atoms with E-state index in [1.165, 1.54) is 0 Å². The first kappa shape index (κ1) is 35.2. The van der Waals surface area contributed by atoms with Crippen LogP contribution < -0.4 is 29.5 Å². The molecule has 0 spiro atoms. The summed E-state index contributed by atoms with van der Waals surface area (Å²) in [5.41, 5.74) is 5.43. The molecule has 252 valence electrons. The van der Waals surface area contributed by atoms with Gasteiger partial charge in [0.1, 0.15) is 20.4 Å². The Hall–Kier alpha value is -5.15. The van der Waals surface area contributed by atoms with Gasteiger partial charge in [-0.2, -0.15) is 0 Å². The number of carbonyl (C=O) groups is 2. The van der Waals surface area contributed by atoms with Crippen molar-refractivity contribution in [2.75, 3.05) is 49.4 Å². The van der Waals surface area contributed by atoms with Crippen LogP contribution in [-0.4, -0.2) is 70.8 Å². The first-order valence-corrected chi connectivity index (χ1v) is 16.8. The molecule has 1 aliphatic rings. The highest BCUT2D eigenvalue weighted by molar-refractivity contribution is 8.30. The Kier molecular flexibility index (Phi) is 10.7. The van der Waals surface area contributed by atoms with Crippen LogP contribution >= 0.6 is 35.3 Å². The zero-order valence-electron chi connectivity index (χ0n) is 27.1. The summed E-state index contributed by atoms with van der Waals surface area (Å²) in [4.78, 5) is 49.1. The summed E-state index contributed by atoms with van der Waals surface area (Å²) >= 11 is 7.02. The zero-order chi connectivity index (χ0) is 35.4. The van der Waals surface area contributed by atoms with Crippen LogP contribution in [0, 0.1) is 0 Å². The Morgan fingerprint density at radius 2 is 1.37 bits per heavy atom. The maximum Gasteiger partial charge on any atom is 0.323 e. The molecule has 1 saturated heterocycles. The second kappa shape index (κ2) is 15.0. The highest BCUT2D eigenvalue weighted by Gasteiger charge is 2.35. The third-order valence-electron chi connectivity index (χ3n) is 7.45. The molecule has 2 N–H and O–H groups in total. The van der Waals surface area contributed by atoms with Crippen LogP contribution in [0.25, 0.3) is 22.9 Å². The number of nitrogens with zero attached hydrogens (tertiary/aromatic N) is 5. The number of carboxylic acid groups (broad SMARTS) is 1. The molecule has 5 rings (SSSR count). The van der Waals surface area contributed by atoms with Crippen molar-refractivity contribution in [3.05, 3.63) is 111 Å². The predicted octanol–water partition coefficient (Wildman–Crippen LogP) is 4.98. The molecule has 1 aromatic heterocycles. The normalized spacial score (nSPS) is 14.5. The van der Waals surface area contributed by atoms with Gasteiger partial charge in [-0.3, -0.25) is 19.3 Å². The summed E-state index contributed by atoms with van der Waals surface area (Å²) < 4.78 is 1.32. The van der Waals surface area contributed by atoms with E-state index in [0.29, 0.717) is 0 Å². The molecule has 1 amide bonds. The van der Waals surface area contributed by atoms with Gasteiger partial charge in [-0.15, -0.1) is 11.3 Å². The fraction of sp³-hybridized carbons (Fsp3) is 0.143. The number of thiazole rings is 1. The number of anilines is 5. The van der Waals surface area contributed by atoms with Crippen LogP contribution in [0.5, 0.6) is 0 Å². The van der Waals surface area contributed by atoms with Gasteiger partial charge in [0.2, 0.25) is 5.88 Å². The van der Waals surface area contributed by atoms with Gasteiger partial charge in [-0.05, 0) is 78.9 Å². The van der Waals surface area contributed by atoms with Crippen molar-refractivity contribution in [1.82, 2.24) is 9.47 Å². The van der Waals surface area contributed by atoms with E-state index in [1.54, 1.807) is 12.2 Å². The summed E-state index contributed by atoms with van der Waals surface area (Å²) in [5, 5.41) is 18.5. The van der Waals surface area contributed by atoms with E-state index in [-0.39, 0.29) is 18.4 Å². The molecule has 1 fully saturated rings. The minimum atomic E-state index is -1.23. The monoisotopic (exact) mass is 715 g/mol. The third kappa shape index (κ3) is 7.62. The van der Waals surface area contributed by atoms with E-state index in [4.69, 9.17) is 12.2 Å². The molecule has 0 aliphatic carbocycles. The molecule has 0 radical (unpaired) electrons. The largest absolute Gasteiger partial charge is 0.480 e. The lowest BCUT2D eigenvalue weighted by molar-refractivity contribution is -0.176. The van der Waals surface area contributed by atoms with E-state index in [1.807, 2.05) is 58.5 Å². The van der Waals surface area contributed by atoms with E-state index in [0.717, 1.165) is 66.6 Å². The van der Waals surface area contributed by atoms with Gasteiger partial charge < -0.3 is 24.7 Å². The maximum absolute atomic E-state index is 13.3. The summed E-state index contributed by atoms with van der Waals surface area (Å²) in [7, 11) is 8.02. The number of thioether (sulfide) groups is 1. The van der Waals surface area contributed by atoms with E-state index >= 15 is 0 Å². The van der Waals surface area contributed by atoms with Gasteiger partial charge in [0.25, 0.3) is 11.5 Å². The number of aliphatic carboxylic acids is 1. The first-order chi connectivity index (χ1) is 23.4. The maximum atomic E-state index is 13.3. The van der Waals surface area contributed by atoms with Gasteiger partial charge in [-0.1, -0.05) is 48.3 Å². The highest BCUT2D eigenvalue weighted by Crippen LogP contribution is 2.36. The molecule has 0 saturated carbocycles. The Balaban J connectivity index is 1.48. The first-order valence-electron chi connectivity index (χ1n) is 14.7. The molecule has 11 nitrogen and oxygen atoms in total. The predicted molar refractivity (Wildman–Crippen MR) is 203 cm³/mol. The molecule has 0 unspecified atom stereocenters. The van der Waals surface area contributed by atoms with Crippen molar-refractivity contribution in [2.24, 2.45) is 0 Å². The lowest BCUT2D eigenvalue weighted by atomic mass is 10.1. The number of carboxylic acids is 1. The van der Waals surface area contributed by atoms with E-state index in [2.05, 4.69) is 74.7 Å². The van der Waals surface area contributed by atoms with Gasteiger partial charge in [-0.25, -0.2) is 9.82 Å². The standard InChI is InChI=1S/C35H33N5O6S3/c1-22(46-45)39-32(43)29(48-34(39)31-33(44)38(21-30(41)42)35(47)49-31)8-6-7-23-9-11-26(12-10-23)40(27-17-13-24(14-18-27)36(2)3)28-19-15-25(16-20-28)37(4)5/h6-20,45H,1,21H2,2-5H3,(H,41,42)/b7-6+,29-8+,34-31-. The Bertz CT molecular complexity index is 2070. The number of hydrogen-bond donors (Lipinski definition) is 2. The Morgan fingerprint density at radius 3 is 1.84 bits per heavy atom. The minimum absolute atomic E-state index is 0.0306. The smallest absolute Gasteiger partial charge is 0.323 e. The summed E-state index contributed by atoms with van der Waals surface area (Å²) in [6.07, 6.45) is 5.11. The number of carbonyl (C=O) groups excluding carboxylic acids is 1. The van der Waals surface area contributed by atoms with Crippen molar-refractivity contribution in [1.29, 1.82) is 0 Å². The van der Waals surface area contributed by atoms with E-state index < -0.39 is 29.9 Å². The molecule has 4 aromatic rings. The number of rotatable bonds is 11. The number of thiocarbonyl (C=S) groups is 1. The van der Waals surface area contributed by atoms with E-state index in [9.17, 15) is 24.7 Å². The second-order valence-electron chi connectivity index (χ2n) is 11.2. The topological polar surface area (TPSA) is 119 Å². The highest BCUT2D eigenvalue weighted by atomic mass is 32.2. The van der Waals surface area contributed by atoms with Gasteiger partial charge in [0.05, 0.1) is 4.53 Å². The van der Waals surface area contributed by atoms with Crippen molar-refractivity contribution in [3.63, 3.8) is 0 Å². The number of benzene rings is 3. The number of amides is 1. The fourth-order valence-corrected chi connectivity index (χ4v) is 7.39. The molecule has 3 aromatic carbocycles. The van der Waals surface area contributed by atoms with Crippen molar-refractivity contribution in [2.45, 2.75) is 0 Å². The average molecular weight is 716 g/mol. The van der Waals surface area contributed by atoms with Crippen LogP contribution in [0.1, 0.15) is 5.56 Å². The van der Waals surface area contributed by atoms with Crippen LogP contribution in [0.4, 0.5) is 28.4 Å². The molecular formula is C35H33N5O6S3. The second-order valence-corrected chi connectivity index (χ2v) is 13.8. The van der Waals surface area contributed by atoms with Crippen LogP contribution in [0.2, 0.25) is 0 Å². The third-order valence-corrected chi connectivity index (χ3v) is 10.1. The van der Waals surface area contributed by atoms with Gasteiger partial charge >= 0.3 is 5.97 Å². The quantitative estimate of drug-likeness (QED) is 0.0948. The fourth-order valence-electron chi connectivity index (χ4n) is 4.94. The summed E-state index contributed by atoms with van der Waals surface area (Å²) in [6.45, 7) is 2.94. The van der Waals surface area contributed by atoms with Gasteiger partial charge in [0.15, 0.2) is 0 Å². The molecule has 0 bridgehead atoms. The van der Waals surface area contributed by atoms with Gasteiger partial charge in [0, 0.05) is 56.6 Å². The summed E-state index contributed by atoms with van der Waals surface area (Å²) in [5.74, 6) is -2.32. The van der Waals surface area contributed by atoms with Crippen LogP contribution in [-0.2, 0) is 14.5 Å². The van der Waals surface area contributed by atoms with Crippen LogP contribution in [0.15, 0.2) is 90.2 Å². The van der Waals surface area contributed by atoms with Crippen molar-refractivity contribution in [3.8, 4) is 0 Å².